The molecule has 100 valence electrons. The molecule has 1 aromatic heterocycles. The van der Waals surface area contributed by atoms with Gasteiger partial charge >= 0.3 is 6.03 Å². The second kappa shape index (κ2) is 4.62. The smallest absolute Gasteiger partial charge is 0.346 e. The zero-order valence-electron chi connectivity index (χ0n) is 11.1. The highest BCUT2D eigenvalue weighted by molar-refractivity contribution is 5.88. The van der Waals surface area contributed by atoms with E-state index >= 15 is 0 Å². The lowest BCUT2D eigenvalue weighted by Gasteiger charge is -2.26. The molecule has 1 fully saturated rings. The summed E-state index contributed by atoms with van der Waals surface area (Å²) in [5.41, 5.74) is 3.80. The van der Waals surface area contributed by atoms with Crippen LogP contribution in [0.25, 0.3) is 11.0 Å². The molecule has 0 spiro atoms. The van der Waals surface area contributed by atoms with Crippen LogP contribution in [0, 0.1) is 13.8 Å². The number of hydrogen-bond donors (Lipinski definition) is 0. The Balaban J connectivity index is 2.00. The molecule has 6 nitrogen and oxygen atoms in total. The molecule has 0 aliphatic carbocycles. The molecule has 0 N–H and O–H groups in total. The first-order valence-electron chi connectivity index (χ1n) is 6.36. The SMILES string of the molecule is Cc1cc2nnn(C(=O)N3CCOCC3)c2cc1C. The van der Waals surface area contributed by atoms with Crippen molar-refractivity contribution in [2.24, 2.45) is 0 Å². The Bertz CT molecular complexity index is 629. The zero-order valence-corrected chi connectivity index (χ0v) is 11.1. The van der Waals surface area contributed by atoms with Crippen LogP contribution in [0.2, 0.25) is 0 Å². The van der Waals surface area contributed by atoms with Gasteiger partial charge in [0, 0.05) is 13.1 Å². The molecule has 3 rings (SSSR count). The molecule has 0 bridgehead atoms. The molecule has 0 radical (unpaired) electrons. The zero-order chi connectivity index (χ0) is 13.4. The molecular formula is C13H16N4O2. The molecule has 0 unspecified atom stereocenters. The Kier molecular flexibility index (Phi) is 2.94. The maximum absolute atomic E-state index is 12.4. The second-order valence-electron chi connectivity index (χ2n) is 4.81. The Morgan fingerprint density at radius 3 is 2.63 bits per heavy atom. The minimum absolute atomic E-state index is 0.131. The van der Waals surface area contributed by atoms with Crippen LogP contribution in [0.3, 0.4) is 0 Å². The highest BCUT2D eigenvalue weighted by atomic mass is 16.5. The van der Waals surface area contributed by atoms with Gasteiger partial charge in [-0.3, -0.25) is 0 Å². The van der Waals surface area contributed by atoms with Gasteiger partial charge in [-0.25, -0.2) is 4.79 Å². The fourth-order valence-corrected chi connectivity index (χ4v) is 2.21. The third-order valence-corrected chi connectivity index (χ3v) is 3.52. The molecule has 1 aliphatic rings. The molecule has 19 heavy (non-hydrogen) atoms. The van der Waals surface area contributed by atoms with Gasteiger partial charge in [0.2, 0.25) is 0 Å². The first-order chi connectivity index (χ1) is 9.16. The average Bonchev–Trinajstić information content (AvgIpc) is 2.82. The van der Waals surface area contributed by atoms with Crippen molar-refractivity contribution in [3.05, 3.63) is 23.3 Å². The van der Waals surface area contributed by atoms with Crippen LogP contribution >= 0.6 is 0 Å². The van der Waals surface area contributed by atoms with Crippen LogP contribution in [0.5, 0.6) is 0 Å². The molecule has 1 saturated heterocycles. The van der Waals surface area contributed by atoms with Crippen LogP contribution in [0.1, 0.15) is 11.1 Å². The number of carbonyl (C=O) groups excluding carboxylic acids is 1. The third kappa shape index (κ3) is 2.08. The van der Waals surface area contributed by atoms with Crippen LogP contribution < -0.4 is 0 Å². The standard InChI is InChI=1S/C13H16N4O2/c1-9-7-11-12(8-10(9)2)17(15-14-11)13(18)16-3-5-19-6-4-16/h7-8H,3-6H2,1-2H3. The molecule has 1 aromatic carbocycles. The van der Waals surface area contributed by atoms with Gasteiger partial charge in [-0.2, -0.15) is 4.68 Å². The van der Waals surface area contributed by atoms with E-state index < -0.39 is 0 Å². The molecular weight excluding hydrogens is 244 g/mol. The number of amides is 1. The number of fused-ring (bicyclic) bond motifs is 1. The Morgan fingerprint density at radius 2 is 1.89 bits per heavy atom. The molecule has 0 atom stereocenters. The Labute approximate surface area is 110 Å². The number of benzene rings is 1. The van der Waals surface area contributed by atoms with Gasteiger partial charge in [-0.1, -0.05) is 5.21 Å². The van der Waals surface area contributed by atoms with Crippen LogP contribution in [0.15, 0.2) is 12.1 Å². The van der Waals surface area contributed by atoms with Crippen molar-refractivity contribution < 1.29 is 9.53 Å². The van der Waals surface area contributed by atoms with E-state index in [4.69, 9.17) is 4.74 Å². The molecule has 0 saturated carbocycles. The van der Waals surface area contributed by atoms with E-state index in [0.29, 0.717) is 26.3 Å². The van der Waals surface area contributed by atoms with E-state index in [1.807, 2.05) is 26.0 Å². The van der Waals surface area contributed by atoms with E-state index in [1.165, 1.54) is 4.68 Å². The van der Waals surface area contributed by atoms with Gasteiger partial charge in [0.25, 0.3) is 0 Å². The van der Waals surface area contributed by atoms with E-state index in [-0.39, 0.29) is 6.03 Å². The number of ether oxygens (including phenoxy) is 1. The monoisotopic (exact) mass is 260 g/mol. The highest BCUT2D eigenvalue weighted by Crippen LogP contribution is 2.17. The van der Waals surface area contributed by atoms with Gasteiger partial charge in [0.1, 0.15) is 5.52 Å². The van der Waals surface area contributed by atoms with E-state index in [9.17, 15) is 4.79 Å². The van der Waals surface area contributed by atoms with Crippen LogP contribution in [-0.4, -0.2) is 52.2 Å². The van der Waals surface area contributed by atoms with E-state index in [0.717, 1.165) is 22.2 Å². The van der Waals surface area contributed by atoms with Gasteiger partial charge in [0.15, 0.2) is 0 Å². The maximum Gasteiger partial charge on any atom is 0.346 e. The summed E-state index contributed by atoms with van der Waals surface area (Å²) in [6.07, 6.45) is 0. The second-order valence-corrected chi connectivity index (χ2v) is 4.81. The van der Waals surface area contributed by atoms with E-state index in [1.54, 1.807) is 4.90 Å². The molecule has 1 aliphatic heterocycles. The predicted molar refractivity (Wildman–Crippen MR) is 70.2 cm³/mol. The van der Waals surface area contributed by atoms with Crippen LogP contribution in [0.4, 0.5) is 4.79 Å². The number of aromatic nitrogens is 3. The Hall–Kier alpha value is -1.95. The van der Waals surface area contributed by atoms with Crippen molar-refractivity contribution in [2.75, 3.05) is 26.3 Å². The summed E-state index contributed by atoms with van der Waals surface area (Å²) in [5, 5.41) is 8.06. The first kappa shape index (κ1) is 12.1. The summed E-state index contributed by atoms with van der Waals surface area (Å²) >= 11 is 0. The highest BCUT2D eigenvalue weighted by Gasteiger charge is 2.21. The predicted octanol–water partition coefficient (Wildman–Crippen LogP) is 1.35. The van der Waals surface area contributed by atoms with Gasteiger partial charge < -0.3 is 9.64 Å². The number of nitrogens with zero attached hydrogens (tertiary/aromatic N) is 4. The quantitative estimate of drug-likeness (QED) is 0.717. The van der Waals surface area contributed by atoms with Gasteiger partial charge in [-0.15, -0.1) is 5.10 Å². The van der Waals surface area contributed by atoms with Crippen molar-refractivity contribution in [3.63, 3.8) is 0 Å². The third-order valence-electron chi connectivity index (χ3n) is 3.52. The minimum atomic E-state index is -0.131. The lowest BCUT2D eigenvalue weighted by atomic mass is 10.1. The molecule has 1 amide bonds. The number of morpholine rings is 1. The number of rotatable bonds is 0. The van der Waals surface area contributed by atoms with E-state index in [2.05, 4.69) is 10.3 Å². The lowest BCUT2D eigenvalue weighted by molar-refractivity contribution is 0.0530. The summed E-state index contributed by atoms with van der Waals surface area (Å²) in [6.45, 7) is 6.41. The van der Waals surface area contributed by atoms with Crippen molar-refractivity contribution >= 4 is 17.1 Å². The van der Waals surface area contributed by atoms with Crippen molar-refractivity contribution in [1.82, 2.24) is 19.9 Å². The van der Waals surface area contributed by atoms with Crippen molar-refractivity contribution in [1.29, 1.82) is 0 Å². The fraction of sp³-hybridized carbons (Fsp3) is 0.462. The summed E-state index contributed by atoms with van der Waals surface area (Å²) in [5.74, 6) is 0. The summed E-state index contributed by atoms with van der Waals surface area (Å²) in [4.78, 5) is 14.1. The van der Waals surface area contributed by atoms with Crippen LogP contribution in [-0.2, 0) is 4.74 Å². The summed E-state index contributed by atoms with van der Waals surface area (Å²) in [7, 11) is 0. The number of hydrogen-bond acceptors (Lipinski definition) is 4. The number of aryl methyl sites for hydroxylation is 2. The summed E-state index contributed by atoms with van der Waals surface area (Å²) in [6, 6.07) is 3.79. The fourth-order valence-electron chi connectivity index (χ4n) is 2.21. The average molecular weight is 260 g/mol. The van der Waals surface area contributed by atoms with Crippen molar-refractivity contribution in [2.45, 2.75) is 13.8 Å². The number of carbonyl (C=O) groups is 1. The minimum Gasteiger partial charge on any atom is -0.378 e. The normalized spacial score (nSPS) is 16.0. The summed E-state index contributed by atoms with van der Waals surface area (Å²) < 4.78 is 6.63. The topological polar surface area (TPSA) is 60.2 Å². The van der Waals surface area contributed by atoms with Gasteiger partial charge in [0.05, 0.1) is 18.7 Å². The molecule has 2 heterocycles. The first-order valence-corrected chi connectivity index (χ1v) is 6.36. The lowest BCUT2D eigenvalue weighted by Crippen LogP contribution is -2.43. The van der Waals surface area contributed by atoms with Crippen molar-refractivity contribution in [3.8, 4) is 0 Å². The largest absolute Gasteiger partial charge is 0.378 e. The molecule has 6 heteroatoms. The Morgan fingerprint density at radius 1 is 1.21 bits per heavy atom. The van der Waals surface area contributed by atoms with Gasteiger partial charge in [-0.05, 0) is 37.1 Å². The molecule has 2 aromatic rings. The maximum atomic E-state index is 12.4.